The number of nitrogens with zero attached hydrogens (tertiary/aromatic N) is 1. The van der Waals surface area contributed by atoms with E-state index in [0.29, 0.717) is 0 Å². The molecule has 3 nitrogen and oxygen atoms in total. The molecule has 0 fully saturated rings. The molecule has 0 bridgehead atoms. The summed E-state index contributed by atoms with van der Waals surface area (Å²) in [5, 5.41) is 6.42. The largest absolute Gasteiger partial charge is 0.312 e. The first-order valence-electron chi connectivity index (χ1n) is 4.03. The Morgan fingerprint density at radius 2 is 2.43 bits per heavy atom. The lowest BCUT2D eigenvalue weighted by Crippen LogP contribution is -2.08. The molecule has 0 unspecified atom stereocenters. The molecule has 0 saturated carbocycles. The Balaban J connectivity index is 2.09. The van der Waals surface area contributed by atoms with Crippen LogP contribution in [-0.4, -0.2) is 10.9 Å². The number of anilines is 1. The van der Waals surface area contributed by atoms with Gasteiger partial charge in [0.15, 0.2) is 0 Å². The van der Waals surface area contributed by atoms with Gasteiger partial charge in [-0.3, -0.25) is 4.79 Å². The third-order valence-electron chi connectivity index (χ3n) is 1.60. The first-order chi connectivity index (χ1) is 6.75. The average Bonchev–Trinajstić information content (AvgIpc) is 2.75. The Kier molecular flexibility index (Phi) is 2.60. The number of amides is 1. The molecule has 2 aromatic rings. The summed E-state index contributed by atoms with van der Waals surface area (Å²) in [6.45, 7) is 1.91. The average molecular weight is 224 g/mol. The van der Waals surface area contributed by atoms with E-state index in [4.69, 9.17) is 0 Å². The molecule has 0 radical (unpaired) electrons. The second-order valence-electron chi connectivity index (χ2n) is 2.67. The first kappa shape index (κ1) is 9.36. The van der Waals surface area contributed by atoms with Gasteiger partial charge in [0.2, 0.25) is 0 Å². The Labute approximate surface area is 89.4 Å². The summed E-state index contributed by atoms with van der Waals surface area (Å²) < 4.78 is 0. The maximum atomic E-state index is 11.6. The number of carbonyl (C=O) groups is 1. The minimum atomic E-state index is -0.0661. The summed E-state index contributed by atoms with van der Waals surface area (Å²) in [6.07, 6.45) is 1.67. The van der Waals surface area contributed by atoms with E-state index in [0.717, 1.165) is 14.9 Å². The normalized spacial score (nSPS) is 10.1. The lowest BCUT2D eigenvalue weighted by molar-refractivity contribution is 0.103. The topological polar surface area (TPSA) is 42.0 Å². The SMILES string of the molecule is Cc1ncc(NC(=O)c2cccs2)s1. The van der Waals surface area contributed by atoms with E-state index in [1.807, 2.05) is 18.4 Å². The Hall–Kier alpha value is -1.20. The van der Waals surface area contributed by atoms with Crippen LogP contribution in [0.5, 0.6) is 0 Å². The van der Waals surface area contributed by atoms with E-state index in [9.17, 15) is 4.79 Å². The van der Waals surface area contributed by atoms with E-state index in [1.165, 1.54) is 22.7 Å². The van der Waals surface area contributed by atoms with Crippen LogP contribution in [0.3, 0.4) is 0 Å². The van der Waals surface area contributed by atoms with Gasteiger partial charge in [-0.25, -0.2) is 4.98 Å². The van der Waals surface area contributed by atoms with Gasteiger partial charge in [-0.05, 0) is 18.4 Å². The van der Waals surface area contributed by atoms with Gasteiger partial charge in [0.05, 0.1) is 16.1 Å². The molecule has 14 heavy (non-hydrogen) atoms. The zero-order valence-electron chi connectivity index (χ0n) is 7.48. The second-order valence-corrected chi connectivity index (χ2v) is 4.86. The van der Waals surface area contributed by atoms with Gasteiger partial charge in [-0.2, -0.15) is 0 Å². The zero-order valence-corrected chi connectivity index (χ0v) is 9.11. The maximum Gasteiger partial charge on any atom is 0.266 e. The van der Waals surface area contributed by atoms with E-state index in [1.54, 1.807) is 12.3 Å². The fraction of sp³-hybridized carbons (Fsp3) is 0.111. The highest BCUT2D eigenvalue weighted by atomic mass is 32.1. The van der Waals surface area contributed by atoms with Gasteiger partial charge in [0.25, 0.3) is 5.91 Å². The summed E-state index contributed by atoms with van der Waals surface area (Å²) in [6, 6.07) is 3.66. The number of hydrogen-bond acceptors (Lipinski definition) is 4. The van der Waals surface area contributed by atoms with E-state index >= 15 is 0 Å². The molecule has 0 saturated heterocycles. The fourth-order valence-electron chi connectivity index (χ4n) is 1.00. The Morgan fingerprint density at radius 3 is 3.00 bits per heavy atom. The van der Waals surface area contributed by atoms with Crippen LogP contribution in [0.4, 0.5) is 5.00 Å². The van der Waals surface area contributed by atoms with Crippen LogP contribution >= 0.6 is 22.7 Å². The highest BCUT2D eigenvalue weighted by Crippen LogP contribution is 2.19. The minimum Gasteiger partial charge on any atom is -0.312 e. The number of nitrogens with one attached hydrogen (secondary N) is 1. The molecule has 72 valence electrons. The van der Waals surface area contributed by atoms with E-state index in [2.05, 4.69) is 10.3 Å². The predicted molar refractivity (Wildman–Crippen MR) is 59.1 cm³/mol. The van der Waals surface area contributed by atoms with Gasteiger partial charge in [0, 0.05) is 0 Å². The van der Waals surface area contributed by atoms with Crippen molar-refractivity contribution in [2.45, 2.75) is 6.92 Å². The number of aryl methyl sites for hydroxylation is 1. The molecule has 2 aromatic heterocycles. The Morgan fingerprint density at radius 1 is 1.57 bits per heavy atom. The van der Waals surface area contributed by atoms with Crippen molar-refractivity contribution in [2.75, 3.05) is 5.32 Å². The van der Waals surface area contributed by atoms with Crippen molar-refractivity contribution >= 4 is 33.6 Å². The molecule has 0 atom stereocenters. The summed E-state index contributed by atoms with van der Waals surface area (Å²) in [4.78, 5) is 16.3. The summed E-state index contributed by atoms with van der Waals surface area (Å²) in [7, 11) is 0. The molecular formula is C9H8N2OS2. The van der Waals surface area contributed by atoms with Gasteiger partial charge < -0.3 is 5.32 Å². The third kappa shape index (κ3) is 2.00. The van der Waals surface area contributed by atoms with Crippen LogP contribution in [0, 0.1) is 6.92 Å². The smallest absolute Gasteiger partial charge is 0.266 e. The standard InChI is InChI=1S/C9H8N2OS2/c1-6-10-5-8(14-6)11-9(12)7-3-2-4-13-7/h2-5H,1H3,(H,11,12). The minimum absolute atomic E-state index is 0.0661. The lowest BCUT2D eigenvalue weighted by Gasteiger charge is -1.97. The summed E-state index contributed by atoms with van der Waals surface area (Å²) in [5.41, 5.74) is 0. The molecule has 0 aliphatic rings. The van der Waals surface area contributed by atoms with Crippen LogP contribution in [0.25, 0.3) is 0 Å². The van der Waals surface area contributed by atoms with Crippen molar-refractivity contribution in [3.05, 3.63) is 33.6 Å². The van der Waals surface area contributed by atoms with E-state index in [-0.39, 0.29) is 5.91 Å². The Bertz CT molecular complexity index is 433. The molecule has 0 aromatic carbocycles. The molecule has 1 N–H and O–H groups in total. The molecule has 0 aliphatic heterocycles. The van der Waals surface area contributed by atoms with E-state index < -0.39 is 0 Å². The number of thiophene rings is 1. The maximum absolute atomic E-state index is 11.6. The fourth-order valence-corrected chi connectivity index (χ4v) is 2.29. The molecule has 0 spiro atoms. The van der Waals surface area contributed by atoms with Crippen molar-refractivity contribution in [3.63, 3.8) is 0 Å². The van der Waals surface area contributed by atoms with Crippen molar-refractivity contribution in [2.24, 2.45) is 0 Å². The van der Waals surface area contributed by atoms with Crippen LogP contribution in [0.1, 0.15) is 14.7 Å². The third-order valence-corrected chi connectivity index (χ3v) is 3.30. The van der Waals surface area contributed by atoms with Crippen molar-refractivity contribution in [1.29, 1.82) is 0 Å². The van der Waals surface area contributed by atoms with Crippen molar-refractivity contribution in [3.8, 4) is 0 Å². The highest BCUT2D eigenvalue weighted by molar-refractivity contribution is 7.16. The molecule has 2 heterocycles. The van der Waals surface area contributed by atoms with Crippen LogP contribution in [0.2, 0.25) is 0 Å². The van der Waals surface area contributed by atoms with Gasteiger partial charge >= 0.3 is 0 Å². The summed E-state index contributed by atoms with van der Waals surface area (Å²) in [5.74, 6) is -0.0661. The number of aromatic nitrogens is 1. The number of thiazole rings is 1. The predicted octanol–water partition coefficient (Wildman–Crippen LogP) is 2.77. The first-order valence-corrected chi connectivity index (χ1v) is 5.72. The second kappa shape index (κ2) is 3.89. The molecule has 1 amide bonds. The molecule has 2 rings (SSSR count). The molecule has 5 heteroatoms. The molecule has 0 aliphatic carbocycles. The zero-order chi connectivity index (χ0) is 9.97. The van der Waals surface area contributed by atoms with Crippen LogP contribution in [0.15, 0.2) is 23.7 Å². The van der Waals surface area contributed by atoms with Gasteiger partial charge in [-0.15, -0.1) is 22.7 Å². The van der Waals surface area contributed by atoms with Gasteiger partial charge in [-0.1, -0.05) is 6.07 Å². The van der Waals surface area contributed by atoms with Gasteiger partial charge in [0.1, 0.15) is 5.00 Å². The number of rotatable bonds is 2. The number of hydrogen-bond donors (Lipinski definition) is 1. The summed E-state index contributed by atoms with van der Waals surface area (Å²) >= 11 is 2.90. The lowest BCUT2D eigenvalue weighted by atomic mass is 10.4. The van der Waals surface area contributed by atoms with Crippen LogP contribution < -0.4 is 5.32 Å². The quantitative estimate of drug-likeness (QED) is 0.852. The van der Waals surface area contributed by atoms with Crippen molar-refractivity contribution < 1.29 is 4.79 Å². The number of carbonyl (C=O) groups excluding carboxylic acids is 1. The molecular weight excluding hydrogens is 216 g/mol. The van der Waals surface area contributed by atoms with Crippen molar-refractivity contribution in [1.82, 2.24) is 4.98 Å². The monoisotopic (exact) mass is 224 g/mol. The van der Waals surface area contributed by atoms with Crippen LogP contribution in [-0.2, 0) is 0 Å². The highest BCUT2D eigenvalue weighted by Gasteiger charge is 2.07.